The summed E-state index contributed by atoms with van der Waals surface area (Å²) in [6.07, 6.45) is 1.38. The SMILES string of the molecule is CS(=O)c1nc(N)c(C#N)c(-c2ccccc2F)n1. The van der Waals surface area contributed by atoms with Crippen molar-refractivity contribution in [3.8, 4) is 17.3 Å². The van der Waals surface area contributed by atoms with Crippen LogP contribution in [0.25, 0.3) is 11.3 Å². The van der Waals surface area contributed by atoms with Gasteiger partial charge >= 0.3 is 0 Å². The molecule has 19 heavy (non-hydrogen) atoms. The molecule has 0 aliphatic rings. The molecule has 0 aliphatic carbocycles. The number of hydrogen-bond acceptors (Lipinski definition) is 5. The van der Waals surface area contributed by atoms with Crippen LogP contribution in [0.4, 0.5) is 10.2 Å². The molecule has 0 bridgehead atoms. The van der Waals surface area contributed by atoms with Gasteiger partial charge in [0.2, 0.25) is 5.16 Å². The molecule has 5 nitrogen and oxygen atoms in total. The molecule has 0 saturated carbocycles. The fourth-order valence-electron chi connectivity index (χ4n) is 1.54. The van der Waals surface area contributed by atoms with E-state index in [0.717, 1.165) is 0 Å². The summed E-state index contributed by atoms with van der Waals surface area (Å²) < 4.78 is 25.2. The molecular formula is C12H9FN4OS. The molecule has 1 heterocycles. The van der Waals surface area contributed by atoms with Crippen molar-refractivity contribution in [3.63, 3.8) is 0 Å². The number of nitrogens with two attached hydrogens (primary N) is 1. The number of aromatic nitrogens is 2. The molecule has 0 aliphatic heterocycles. The van der Waals surface area contributed by atoms with Crippen molar-refractivity contribution in [2.24, 2.45) is 0 Å². The zero-order valence-electron chi connectivity index (χ0n) is 9.92. The lowest BCUT2D eigenvalue weighted by atomic mass is 10.1. The van der Waals surface area contributed by atoms with Crippen molar-refractivity contribution in [3.05, 3.63) is 35.6 Å². The summed E-state index contributed by atoms with van der Waals surface area (Å²) in [7, 11) is -1.47. The van der Waals surface area contributed by atoms with Gasteiger partial charge in [-0.3, -0.25) is 4.21 Å². The normalized spacial score (nSPS) is 11.8. The third-order valence-electron chi connectivity index (χ3n) is 2.41. The Hall–Kier alpha value is -2.33. The van der Waals surface area contributed by atoms with Crippen molar-refractivity contribution in [1.82, 2.24) is 9.97 Å². The topological polar surface area (TPSA) is 92.7 Å². The minimum atomic E-state index is -1.47. The second kappa shape index (κ2) is 5.12. The van der Waals surface area contributed by atoms with Crippen LogP contribution in [0.5, 0.6) is 0 Å². The lowest BCUT2D eigenvalue weighted by molar-refractivity contribution is 0.630. The van der Waals surface area contributed by atoms with E-state index in [-0.39, 0.29) is 27.8 Å². The van der Waals surface area contributed by atoms with Gasteiger partial charge < -0.3 is 5.73 Å². The molecular weight excluding hydrogens is 267 g/mol. The summed E-state index contributed by atoms with van der Waals surface area (Å²) in [5.41, 5.74) is 5.78. The summed E-state index contributed by atoms with van der Waals surface area (Å²) in [4.78, 5) is 7.76. The Morgan fingerprint density at radius 3 is 2.63 bits per heavy atom. The molecule has 1 atom stereocenters. The van der Waals surface area contributed by atoms with E-state index in [0.29, 0.717) is 0 Å². The number of nitriles is 1. The van der Waals surface area contributed by atoms with Gasteiger partial charge in [-0.05, 0) is 12.1 Å². The van der Waals surface area contributed by atoms with Crippen molar-refractivity contribution in [2.75, 3.05) is 12.0 Å². The van der Waals surface area contributed by atoms with Crippen molar-refractivity contribution in [1.29, 1.82) is 5.26 Å². The van der Waals surface area contributed by atoms with Crippen LogP contribution < -0.4 is 5.73 Å². The minimum Gasteiger partial charge on any atom is -0.382 e. The zero-order valence-corrected chi connectivity index (χ0v) is 10.7. The standard InChI is InChI=1S/C12H9FN4OS/c1-19(18)12-16-10(8(6-14)11(15)17-12)7-4-2-3-5-9(7)13/h2-5H,1H3,(H2,15,16,17). The number of nitrogen functional groups attached to an aromatic ring is 1. The quantitative estimate of drug-likeness (QED) is 0.838. The first-order valence-corrected chi connectivity index (χ1v) is 6.76. The molecule has 0 fully saturated rings. The third-order valence-corrected chi connectivity index (χ3v) is 3.11. The van der Waals surface area contributed by atoms with Gasteiger partial charge in [-0.25, -0.2) is 14.4 Å². The highest BCUT2D eigenvalue weighted by Crippen LogP contribution is 2.27. The Morgan fingerprint density at radius 1 is 1.37 bits per heavy atom. The van der Waals surface area contributed by atoms with Gasteiger partial charge in [0.05, 0.1) is 16.5 Å². The van der Waals surface area contributed by atoms with E-state index >= 15 is 0 Å². The lowest BCUT2D eigenvalue weighted by Crippen LogP contribution is -2.07. The van der Waals surface area contributed by atoms with Crippen LogP contribution in [-0.4, -0.2) is 20.4 Å². The summed E-state index contributed by atoms with van der Waals surface area (Å²) in [6, 6.07) is 7.69. The number of rotatable bonds is 2. The average molecular weight is 276 g/mol. The van der Waals surface area contributed by atoms with Gasteiger partial charge in [0.15, 0.2) is 0 Å². The second-order valence-corrected chi connectivity index (χ2v) is 4.93. The Balaban J connectivity index is 2.79. The van der Waals surface area contributed by atoms with E-state index in [1.54, 1.807) is 6.07 Å². The van der Waals surface area contributed by atoms with Crippen LogP contribution in [0.3, 0.4) is 0 Å². The van der Waals surface area contributed by atoms with Crippen molar-refractivity contribution in [2.45, 2.75) is 5.16 Å². The Morgan fingerprint density at radius 2 is 2.05 bits per heavy atom. The zero-order chi connectivity index (χ0) is 14.0. The number of benzene rings is 1. The maximum atomic E-state index is 13.8. The monoisotopic (exact) mass is 276 g/mol. The summed E-state index contributed by atoms with van der Waals surface area (Å²) >= 11 is 0. The van der Waals surface area contributed by atoms with E-state index in [4.69, 9.17) is 11.0 Å². The fraction of sp³-hybridized carbons (Fsp3) is 0.0833. The smallest absolute Gasteiger partial charge is 0.220 e. The first-order valence-electron chi connectivity index (χ1n) is 5.20. The lowest BCUT2D eigenvalue weighted by Gasteiger charge is -2.08. The summed E-state index contributed by atoms with van der Waals surface area (Å²) in [5, 5.41) is 9.04. The van der Waals surface area contributed by atoms with Gasteiger partial charge in [-0.15, -0.1) is 0 Å². The van der Waals surface area contributed by atoms with Crippen LogP contribution in [-0.2, 0) is 10.8 Å². The third kappa shape index (κ3) is 2.44. The average Bonchev–Trinajstić information content (AvgIpc) is 2.38. The van der Waals surface area contributed by atoms with E-state index < -0.39 is 16.6 Å². The predicted molar refractivity (Wildman–Crippen MR) is 68.9 cm³/mol. The fourth-order valence-corrected chi connectivity index (χ4v) is 1.99. The van der Waals surface area contributed by atoms with Crippen LogP contribution >= 0.6 is 0 Å². The van der Waals surface area contributed by atoms with Crippen LogP contribution in [0, 0.1) is 17.1 Å². The maximum Gasteiger partial charge on any atom is 0.220 e. The number of nitrogens with zero attached hydrogens (tertiary/aromatic N) is 3. The van der Waals surface area contributed by atoms with Crippen LogP contribution in [0.2, 0.25) is 0 Å². The van der Waals surface area contributed by atoms with Crippen molar-refractivity contribution >= 4 is 16.6 Å². The van der Waals surface area contributed by atoms with E-state index in [1.807, 2.05) is 6.07 Å². The largest absolute Gasteiger partial charge is 0.382 e. The molecule has 0 spiro atoms. The molecule has 0 radical (unpaired) electrons. The molecule has 2 N–H and O–H groups in total. The van der Waals surface area contributed by atoms with E-state index in [2.05, 4.69) is 9.97 Å². The molecule has 7 heteroatoms. The number of halogens is 1. The molecule has 2 rings (SSSR count). The Kier molecular flexibility index (Phi) is 3.53. The minimum absolute atomic E-state index is 0.0284. The number of anilines is 1. The first-order chi connectivity index (χ1) is 9.04. The van der Waals surface area contributed by atoms with Crippen LogP contribution in [0.1, 0.15) is 5.56 Å². The van der Waals surface area contributed by atoms with Gasteiger partial charge in [0, 0.05) is 11.8 Å². The molecule has 96 valence electrons. The highest BCUT2D eigenvalue weighted by Gasteiger charge is 2.17. The Bertz CT molecular complexity index is 711. The number of hydrogen-bond donors (Lipinski definition) is 1. The first kappa shape index (κ1) is 13.1. The molecule has 1 unspecified atom stereocenters. The highest BCUT2D eigenvalue weighted by molar-refractivity contribution is 7.84. The molecule has 0 amide bonds. The second-order valence-electron chi connectivity index (χ2n) is 3.66. The van der Waals surface area contributed by atoms with Gasteiger partial charge in [-0.2, -0.15) is 5.26 Å². The predicted octanol–water partition coefficient (Wildman–Crippen LogP) is 1.47. The van der Waals surface area contributed by atoms with Crippen molar-refractivity contribution < 1.29 is 8.60 Å². The molecule has 1 aromatic carbocycles. The molecule has 0 saturated heterocycles. The summed E-state index contributed by atoms with van der Waals surface area (Å²) in [5.74, 6) is -0.647. The highest BCUT2D eigenvalue weighted by atomic mass is 32.2. The van der Waals surface area contributed by atoms with E-state index in [1.165, 1.54) is 24.5 Å². The Labute approximate surface area is 111 Å². The van der Waals surface area contributed by atoms with Gasteiger partial charge in [-0.1, -0.05) is 12.1 Å². The van der Waals surface area contributed by atoms with Gasteiger partial charge in [0.25, 0.3) is 0 Å². The summed E-state index contributed by atoms with van der Waals surface area (Å²) in [6.45, 7) is 0. The van der Waals surface area contributed by atoms with E-state index in [9.17, 15) is 8.60 Å². The molecule has 2 aromatic rings. The molecule has 1 aromatic heterocycles. The van der Waals surface area contributed by atoms with Crippen LogP contribution in [0.15, 0.2) is 29.4 Å². The maximum absolute atomic E-state index is 13.8. The van der Waals surface area contributed by atoms with Gasteiger partial charge in [0.1, 0.15) is 23.3 Å².